The van der Waals surface area contributed by atoms with Crippen LogP contribution in [0.1, 0.15) is 47.2 Å². The van der Waals surface area contributed by atoms with Gasteiger partial charge in [0.25, 0.3) is 0 Å². The summed E-state index contributed by atoms with van der Waals surface area (Å²) in [5.41, 5.74) is 11.8. The molecule has 0 spiro atoms. The zero-order valence-electron chi connectivity index (χ0n) is 24.0. The Hall–Kier alpha value is -5.02. The van der Waals surface area contributed by atoms with Gasteiger partial charge in [-0.1, -0.05) is 109 Å². The number of hydrogen-bond donors (Lipinski definition) is 0. The summed E-state index contributed by atoms with van der Waals surface area (Å²) >= 11 is 0. The van der Waals surface area contributed by atoms with Crippen molar-refractivity contribution in [2.75, 3.05) is 0 Å². The van der Waals surface area contributed by atoms with Crippen LogP contribution in [-0.4, -0.2) is 9.97 Å². The molecule has 0 radical (unpaired) electrons. The first-order valence-electron chi connectivity index (χ1n) is 15.2. The summed E-state index contributed by atoms with van der Waals surface area (Å²) in [6.45, 7) is 0. The van der Waals surface area contributed by atoms with Crippen LogP contribution in [0.25, 0.3) is 44.6 Å². The molecule has 2 heterocycles. The molecule has 2 aliphatic rings. The normalized spacial score (nSPS) is 17.7. The minimum Gasteiger partial charge on any atom is -0.464 e. The third-order valence-corrected chi connectivity index (χ3v) is 9.03. The Morgan fingerprint density at radius 2 is 1.47 bits per heavy atom. The van der Waals surface area contributed by atoms with Crippen molar-refractivity contribution in [3.05, 3.63) is 156 Å². The van der Waals surface area contributed by atoms with Gasteiger partial charge in [0.2, 0.25) is 0 Å². The molecule has 3 heteroatoms. The largest absolute Gasteiger partial charge is 0.464 e. The predicted octanol–water partition coefficient (Wildman–Crippen LogP) is 10.1. The molecule has 0 bridgehead atoms. The van der Waals surface area contributed by atoms with Gasteiger partial charge >= 0.3 is 0 Å². The second kappa shape index (κ2) is 11.0. The van der Waals surface area contributed by atoms with Gasteiger partial charge in [0, 0.05) is 22.4 Å². The average Bonchev–Trinajstić information content (AvgIpc) is 3.58. The van der Waals surface area contributed by atoms with E-state index in [-0.39, 0.29) is 5.92 Å². The summed E-state index contributed by atoms with van der Waals surface area (Å²) in [5.74, 6) is 1.51. The van der Waals surface area contributed by atoms with Gasteiger partial charge in [0.05, 0.1) is 17.7 Å². The van der Waals surface area contributed by atoms with Crippen molar-refractivity contribution in [1.82, 2.24) is 9.97 Å². The molecule has 0 fully saturated rings. The number of benzene rings is 4. The van der Waals surface area contributed by atoms with Gasteiger partial charge in [0.1, 0.15) is 11.4 Å². The molecular formula is C40H32N2O. The van der Waals surface area contributed by atoms with E-state index in [4.69, 9.17) is 14.4 Å². The van der Waals surface area contributed by atoms with E-state index in [1.165, 1.54) is 33.2 Å². The quantitative estimate of drug-likeness (QED) is 0.212. The molecule has 2 atom stereocenters. The molecule has 0 saturated heterocycles. The SMILES string of the molecule is C1=CCC(c2nc(-c3ccc(-c4ccccc4)cc3)cc(-c3cccc(C4CCc5c(ccc6ccoc56)C4)c3)n2)C=C1. The molecule has 3 nitrogen and oxygen atoms in total. The lowest BCUT2D eigenvalue weighted by atomic mass is 9.79. The maximum atomic E-state index is 5.85. The fourth-order valence-electron chi connectivity index (χ4n) is 6.68. The van der Waals surface area contributed by atoms with Gasteiger partial charge < -0.3 is 4.42 Å². The van der Waals surface area contributed by atoms with E-state index in [1.54, 1.807) is 0 Å². The molecule has 208 valence electrons. The van der Waals surface area contributed by atoms with Crippen LogP contribution < -0.4 is 0 Å². The summed E-state index contributed by atoms with van der Waals surface area (Å²) < 4.78 is 5.85. The number of nitrogens with zero attached hydrogens (tertiary/aromatic N) is 2. The van der Waals surface area contributed by atoms with Crippen LogP contribution in [0.3, 0.4) is 0 Å². The molecule has 43 heavy (non-hydrogen) atoms. The second-order valence-electron chi connectivity index (χ2n) is 11.7. The monoisotopic (exact) mass is 556 g/mol. The van der Waals surface area contributed by atoms with Crippen molar-refractivity contribution >= 4 is 11.0 Å². The van der Waals surface area contributed by atoms with Gasteiger partial charge in [-0.15, -0.1) is 0 Å². The topological polar surface area (TPSA) is 38.9 Å². The van der Waals surface area contributed by atoms with Crippen molar-refractivity contribution in [3.8, 4) is 33.6 Å². The highest BCUT2D eigenvalue weighted by Crippen LogP contribution is 2.38. The lowest BCUT2D eigenvalue weighted by Crippen LogP contribution is -2.13. The van der Waals surface area contributed by atoms with E-state index in [2.05, 4.69) is 127 Å². The van der Waals surface area contributed by atoms with Crippen LogP contribution in [-0.2, 0) is 12.8 Å². The maximum Gasteiger partial charge on any atom is 0.137 e. The molecule has 2 aromatic heterocycles. The van der Waals surface area contributed by atoms with E-state index >= 15 is 0 Å². The lowest BCUT2D eigenvalue weighted by Gasteiger charge is -2.25. The number of allylic oxidation sites excluding steroid dienone is 4. The van der Waals surface area contributed by atoms with Crippen LogP contribution in [0.4, 0.5) is 0 Å². The number of hydrogen-bond acceptors (Lipinski definition) is 3. The van der Waals surface area contributed by atoms with Gasteiger partial charge in [-0.05, 0) is 77.6 Å². The highest BCUT2D eigenvalue weighted by molar-refractivity contribution is 5.82. The molecule has 6 aromatic rings. The first-order chi connectivity index (χ1) is 21.3. The molecule has 0 N–H and O–H groups in total. The van der Waals surface area contributed by atoms with Crippen molar-refractivity contribution in [1.29, 1.82) is 0 Å². The Morgan fingerprint density at radius 1 is 0.674 bits per heavy atom. The third kappa shape index (κ3) is 5.02. The minimum atomic E-state index is 0.170. The molecule has 4 aromatic carbocycles. The smallest absolute Gasteiger partial charge is 0.137 e. The molecule has 2 unspecified atom stereocenters. The summed E-state index contributed by atoms with van der Waals surface area (Å²) in [7, 11) is 0. The van der Waals surface area contributed by atoms with Crippen molar-refractivity contribution in [2.45, 2.75) is 37.5 Å². The summed E-state index contributed by atoms with van der Waals surface area (Å²) in [6.07, 6.45) is 14.5. The molecule has 8 rings (SSSR count). The predicted molar refractivity (Wildman–Crippen MR) is 175 cm³/mol. The highest BCUT2D eigenvalue weighted by atomic mass is 16.3. The number of rotatable bonds is 5. The minimum absolute atomic E-state index is 0.170. The Labute approximate surface area is 252 Å². The van der Waals surface area contributed by atoms with Gasteiger partial charge in [-0.25, -0.2) is 9.97 Å². The second-order valence-corrected chi connectivity index (χ2v) is 11.7. The maximum absolute atomic E-state index is 5.85. The first kappa shape index (κ1) is 25.7. The van der Waals surface area contributed by atoms with Crippen molar-refractivity contribution < 1.29 is 4.42 Å². The van der Waals surface area contributed by atoms with Gasteiger partial charge in [-0.2, -0.15) is 0 Å². The summed E-state index contributed by atoms with van der Waals surface area (Å²) in [4.78, 5) is 10.3. The summed E-state index contributed by atoms with van der Waals surface area (Å²) in [6, 6.07) is 37.0. The van der Waals surface area contributed by atoms with Crippen LogP contribution in [0, 0.1) is 0 Å². The number of fused-ring (bicyclic) bond motifs is 3. The lowest BCUT2D eigenvalue weighted by molar-refractivity contribution is 0.566. The highest BCUT2D eigenvalue weighted by Gasteiger charge is 2.24. The Kier molecular flexibility index (Phi) is 6.57. The first-order valence-corrected chi connectivity index (χ1v) is 15.2. The van der Waals surface area contributed by atoms with Crippen molar-refractivity contribution in [2.24, 2.45) is 0 Å². The number of aromatic nitrogens is 2. The van der Waals surface area contributed by atoms with Crippen LogP contribution >= 0.6 is 0 Å². The van der Waals surface area contributed by atoms with E-state index in [0.29, 0.717) is 5.92 Å². The van der Waals surface area contributed by atoms with E-state index in [9.17, 15) is 0 Å². The Morgan fingerprint density at radius 3 is 2.30 bits per heavy atom. The van der Waals surface area contributed by atoms with E-state index in [1.807, 2.05) is 6.26 Å². The van der Waals surface area contributed by atoms with Crippen molar-refractivity contribution in [3.63, 3.8) is 0 Å². The fourth-order valence-corrected chi connectivity index (χ4v) is 6.68. The van der Waals surface area contributed by atoms with Crippen LogP contribution in [0.5, 0.6) is 0 Å². The van der Waals surface area contributed by atoms with E-state index in [0.717, 1.165) is 59.6 Å². The third-order valence-electron chi connectivity index (χ3n) is 9.03. The molecular weight excluding hydrogens is 524 g/mol. The molecule has 0 saturated carbocycles. The Balaban J connectivity index is 1.15. The Bertz CT molecular complexity index is 1980. The molecule has 0 aliphatic heterocycles. The summed E-state index contributed by atoms with van der Waals surface area (Å²) in [5, 5.41) is 1.20. The van der Waals surface area contributed by atoms with Gasteiger partial charge in [-0.3, -0.25) is 0 Å². The number of aryl methyl sites for hydroxylation is 1. The molecule has 0 amide bonds. The average molecular weight is 557 g/mol. The fraction of sp³-hybridized carbons (Fsp3) is 0.150. The zero-order chi connectivity index (χ0) is 28.6. The standard InChI is InChI=1S/C40H32N2O/c1-3-8-27(9-4-1)28-14-16-29(17-15-28)37-26-38(42-40(41-37)31-10-5-2-6-11-31)35-13-7-12-32(25-35)33-20-21-36-34(24-33)19-18-30-22-23-43-39(30)36/h1-10,12-19,22-23,25-26,31,33H,11,20-21,24H2. The zero-order valence-corrected chi connectivity index (χ0v) is 24.0. The van der Waals surface area contributed by atoms with E-state index < -0.39 is 0 Å². The van der Waals surface area contributed by atoms with Gasteiger partial charge in [0.15, 0.2) is 0 Å². The van der Waals surface area contributed by atoms with Crippen LogP contribution in [0.2, 0.25) is 0 Å². The molecule has 2 aliphatic carbocycles. The number of furan rings is 1. The van der Waals surface area contributed by atoms with Crippen LogP contribution in [0.15, 0.2) is 138 Å².